The molecule has 2 N–H and O–H groups in total. The van der Waals surface area contributed by atoms with Gasteiger partial charge in [-0.3, -0.25) is 9.89 Å². The molecule has 0 spiro atoms. The Morgan fingerprint density at radius 3 is 3.04 bits per heavy atom. The lowest BCUT2D eigenvalue weighted by Crippen LogP contribution is -2.24. The number of rotatable bonds is 2. The lowest BCUT2D eigenvalue weighted by Gasteiger charge is -2.23. The maximum Gasteiger partial charge on any atom is 0.226 e. The van der Waals surface area contributed by atoms with Crippen molar-refractivity contribution >= 4 is 29.0 Å². The van der Waals surface area contributed by atoms with Gasteiger partial charge in [0.1, 0.15) is 11.3 Å². The van der Waals surface area contributed by atoms with Gasteiger partial charge in [-0.2, -0.15) is 5.10 Å². The number of hydrogen-bond donors (Lipinski definition) is 2. The van der Waals surface area contributed by atoms with E-state index in [0.29, 0.717) is 23.0 Å². The monoisotopic (exact) mass is 367 g/mol. The Hall–Kier alpha value is -3.06. The summed E-state index contributed by atoms with van der Waals surface area (Å²) in [6, 6.07) is 7.35. The second-order valence-electron chi connectivity index (χ2n) is 6.30. The number of carbonyl (C=O) groups excluding carboxylic acids is 1. The first kappa shape index (κ1) is 15.2. The molecule has 0 saturated heterocycles. The molecule has 1 aliphatic rings. The van der Waals surface area contributed by atoms with E-state index in [1.165, 1.54) is 0 Å². The van der Waals surface area contributed by atoms with Crippen LogP contribution in [-0.2, 0) is 4.79 Å². The molecule has 0 bridgehead atoms. The number of imidazole rings is 1. The Labute approximate surface area is 153 Å². The molecule has 0 radical (unpaired) electrons. The number of fused-ring (bicyclic) bond motifs is 2. The molecule has 0 fully saturated rings. The highest BCUT2D eigenvalue weighted by molar-refractivity contribution is 6.30. The molecule has 0 aliphatic carbocycles. The van der Waals surface area contributed by atoms with E-state index in [-0.39, 0.29) is 11.8 Å². The summed E-state index contributed by atoms with van der Waals surface area (Å²) >= 11 is 6.20. The van der Waals surface area contributed by atoms with Gasteiger partial charge < -0.3 is 14.1 Å². The summed E-state index contributed by atoms with van der Waals surface area (Å²) in [4.78, 5) is 16.9. The Morgan fingerprint density at radius 1 is 1.35 bits per heavy atom. The minimum atomic E-state index is -0.217. The van der Waals surface area contributed by atoms with Crippen molar-refractivity contribution in [2.45, 2.75) is 19.3 Å². The van der Waals surface area contributed by atoms with Crippen LogP contribution in [0.4, 0.5) is 5.82 Å². The van der Waals surface area contributed by atoms with E-state index in [4.69, 9.17) is 16.0 Å². The molecule has 1 aliphatic heterocycles. The average Bonchev–Trinajstić information content (AvgIpc) is 3.31. The second-order valence-corrected chi connectivity index (χ2v) is 6.74. The third kappa shape index (κ3) is 2.17. The summed E-state index contributed by atoms with van der Waals surface area (Å²) in [6.45, 7) is 1.94. The summed E-state index contributed by atoms with van der Waals surface area (Å²) in [5, 5.41) is 10.7. The number of nitrogens with one attached hydrogen (secondary N) is 2. The van der Waals surface area contributed by atoms with Gasteiger partial charge in [0, 0.05) is 24.1 Å². The van der Waals surface area contributed by atoms with E-state index < -0.39 is 0 Å². The number of halogens is 1. The fourth-order valence-electron chi connectivity index (χ4n) is 3.67. The summed E-state index contributed by atoms with van der Waals surface area (Å²) in [5.74, 6) is 0.890. The van der Waals surface area contributed by atoms with Gasteiger partial charge in [0.25, 0.3) is 0 Å². The highest BCUT2D eigenvalue weighted by atomic mass is 35.5. The number of nitrogens with zero attached hydrogens (tertiary/aromatic N) is 3. The van der Waals surface area contributed by atoms with Crippen LogP contribution in [0.5, 0.6) is 0 Å². The van der Waals surface area contributed by atoms with Crippen LogP contribution in [-0.4, -0.2) is 25.5 Å². The molecule has 1 atom stereocenters. The van der Waals surface area contributed by atoms with Gasteiger partial charge in [-0.1, -0.05) is 11.6 Å². The van der Waals surface area contributed by atoms with Gasteiger partial charge in [0.15, 0.2) is 11.6 Å². The van der Waals surface area contributed by atoms with Crippen molar-refractivity contribution in [1.29, 1.82) is 0 Å². The SMILES string of the molecule is Cc1nc2ccc(Cl)cn2c1C1CC(=O)Nc2n[nH]c(-c3ccco3)c21. The summed E-state index contributed by atoms with van der Waals surface area (Å²) in [7, 11) is 0. The smallest absolute Gasteiger partial charge is 0.226 e. The number of aromatic amines is 1. The third-order valence-corrected chi connectivity index (χ3v) is 4.92. The predicted octanol–water partition coefficient (Wildman–Crippen LogP) is 3.75. The van der Waals surface area contributed by atoms with Crippen molar-refractivity contribution < 1.29 is 9.21 Å². The first-order valence-corrected chi connectivity index (χ1v) is 8.55. The van der Waals surface area contributed by atoms with Crippen LogP contribution in [0.15, 0.2) is 41.1 Å². The van der Waals surface area contributed by atoms with E-state index in [2.05, 4.69) is 20.5 Å². The van der Waals surface area contributed by atoms with Gasteiger partial charge in [0.05, 0.1) is 22.7 Å². The number of carbonyl (C=O) groups is 1. The maximum atomic E-state index is 12.3. The van der Waals surface area contributed by atoms with Crippen molar-refractivity contribution in [1.82, 2.24) is 19.6 Å². The molecule has 4 aromatic heterocycles. The Bertz CT molecular complexity index is 1140. The molecule has 7 nitrogen and oxygen atoms in total. The molecule has 1 amide bonds. The van der Waals surface area contributed by atoms with E-state index >= 15 is 0 Å². The Morgan fingerprint density at radius 2 is 2.23 bits per heavy atom. The van der Waals surface area contributed by atoms with Gasteiger partial charge in [-0.15, -0.1) is 0 Å². The van der Waals surface area contributed by atoms with Gasteiger partial charge in [-0.05, 0) is 31.2 Å². The number of anilines is 1. The number of H-pyrrole nitrogens is 1. The number of pyridine rings is 1. The summed E-state index contributed by atoms with van der Waals surface area (Å²) in [5.41, 5.74) is 4.21. The van der Waals surface area contributed by atoms with Gasteiger partial charge >= 0.3 is 0 Å². The number of aryl methyl sites for hydroxylation is 1. The van der Waals surface area contributed by atoms with Crippen molar-refractivity contribution in [3.8, 4) is 11.5 Å². The molecule has 4 aromatic rings. The highest BCUT2D eigenvalue weighted by Gasteiger charge is 2.35. The van der Waals surface area contributed by atoms with Crippen LogP contribution in [0.1, 0.15) is 29.3 Å². The van der Waals surface area contributed by atoms with Crippen LogP contribution < -0.4 is 5.32 Å². The zero-order valence-corrected chi connectivity index (χ0v) is 14.5. The number of furan rings is 1. The third-order valence-electron chi connectivity index (χ3n) is 4.70. The van der Waals surface area contributed by atoms with Crippen molar-refractivity contribution in [3.05, 3.63) is 58.7 Å². The van der Waals surface area contributed by atoms with E-state index in [1.807, 2.05) is 35.7 Å². The first-order valence-electron chi connectivity index (χ1n) is 8.18. The number of amides is 1. The van der Waals surface area contributed by atoms with E-state index in [0.717, 1.165) is 28.3 Å². The lowest BCUT2D eigenvalue weighted by molar-refractivity contribution is -0.116. The van der Waals surface area contributed by atoms with Gasteiger partial charge in [0.2, 0.25) is 5.91 Å². The molecular weight excluding hydrogens is 354 g/mol. The minimum absolute atomic E-state index is 0.0867. The summed E-state index contributed by atoms with van der Waals surface area (Å²) in [6.07, 6.45) is 3.73. The standard InChI is InChI=1S/C18H14ClN5O2/c1-9-17(24-8-10(19)4-5-13(24)20-9)11-7-14(25)21-18-15(11)16(22-23-18)12-3-2-6-26-12/h2-6,8,11H,7H2,1H3,(H2,21,22,23,25). The molecule has 130 valence electrons. The predicted molar refractivity (Wildman–Crippen MR) is 96.3 cm³/mol. The molecule has 0 saturated carbocycles. The van der Waals surface area contributed by atoms with E-state index in [9.17, 15) is 4.79 Å². The normalized spacial score (nSPS) is 16.7. The molecule has 5 rings (SSSR count). The first-order chi connectivity index (χ1) is 12.6. The average molecular weight is 368 g/mol. The molecule has 1 unspecified atom stereocenters. The maximum absolute atomic E-state index is 12.3. The molecule has 26 heavy (non-hydrogen) atoms. The zero-order valence-electron chi connectivity index (χ0n) is 13.8. The number of aromatic nitrogens is 4. The van der Waals surface area contributed by atoms with Crippen molar-refractivity contribution in [2.24, 2.45) is 0 Å². The van der Waals surface area contributed by atoms with Crippen LogP contribution in [0.3, 0.4) is 0 Å². The lowest BCUT2D eigenvalue weighted by atomic mass is 9.87. The molecular formula is C18H14ClN5O2. The second kappa shape index (κ2) is 5.47. The van der Waals surface area contributed by atoms with E-state index in [1.54, 1.807) is 12.3 Å². The Kier molecular flexibility index (Phi) is 3.20. The molecule has 0 aromatic carbocycles. The Balaban J connectivity index is 1.77. The van der Waals surface area contributed by atoms with Crippen LogP contribution in [0, 0.1) is 6.92 Å². The molecule has 8 heteroatoms. The fraction of sp³-hybridized carbons (Fsp3) is 0.167. The number of hydrogen-bond acceptors (Lipinski definition) is 4. The molecule has 5 heterocycles. The van der Waals surface area contributed by atoms with Crippen LogP contribution in [0.2, 0.25) is 5.02 Å². The largest absolute Gasteiger partial charge is 0.463 e. The highest BCUT2D eigenvalue weighted by Crippen LogP contribution is 2.42. The minimum Gasteiger partial charge on any atom is -0.463 e. The topological polar surface area (TPSA) is 88.2 Å². The van der Waals surface area contributed by atoms with Crippen LogP contribution >= 0.6 is 11.6 Å². The fourth-order valence-corrected chi connectivity index (χ4v) is 3.83. The summed E-state index contributed by atoms with van der Waals surface area (Å²) < 4.78 is 7.49. The van der Waals surface area contributed by atoms with Gasteiger partial charge in [-0.25, -0.2) is 4.98 Å². The van der Waals surface area contributed by atoms with Crippen molar-refractivity contribution in [3.63, 3.8) is 0 Å². The van der Waals surface area contributed by atoms with Crippen LogP contribution in [0.25, 0.3) is 17.1 Å². The quantitative estimate of drug-likeness (QED) is 0.564. The zero-order chi connectivity index (χ0) is 17.8. The van der Waals surface area contributed by atoms with Crippen molar-refractivity contribution in [2.75, 3.05) is 5.32 Å².